The molecule has 0 bridgehead atoms. The van der Waals surface area contributed by atoms with Crippen molar-refractivity contribution in [2.24, 2.45) is 11.8 Å². The average Bonchev–Trinajstić information content (AvgIpc) is 2.25. The highest BCUT2D eigenvalue weighted by atomic mass is 32.1. The Kier molecular flexibility index (Phi) is 25.8. The summed E-state index contributed by atoms with van der Waals surface area (Å²) in [5.74, 6) is 1.52. The van der Waals surface area contributed by atoms with Crippen LogP contribution in [-0.2, 0) is 12.8 Å². The lowest BCUT2D eigenvalue weighted by atomic mass is 9.88. The minimum Gasteiger partial charge on any atom is -0.141 e. The van der Waals surface area contributed by atoms with Crippen molar-refractivity contribution in [2.75, 3.05) is 0 Å². The van der Waals surface area contributed by atoms with Gasteiger partial charge < -0.3 is 0 Å². The van der Waals surface area contributed by atoms with Gasteiger partial charge in [-0.2, -0.15) is 0 Å². The molecular formula is C80H104S6. The Labute approximate surface area is 544 Å². The van der Waals surface area contributed by atoms with E-state index in [-0.39, 0.29) is 0 Å². The molecule has 0 aliphatic rings. The molecule has 6 heterocycles. The van der Waals surface area contributed by atoms with Crippen LogP contribution in [0.2, 0.25) is 0 Å². The van der Waals surface area contributed by atoms with Crippen LogP contribution in [-0.4, -0.2) is 0 Å². The van der Waals surface area contributed by atoms with Gasteiger partial charge in [-0.15, -0.1) is 68.0 Å². The fourth-order valence-electron chi connectivity index (χ4n) is 14.2. The molecule has 86 heavy (non-hydrogen) atoms. The smallest absolute Gasteiger partial charge is 0.0481 e. The first-order valence-electron chi connectivity index (χ1n) is 35.0. The Balaban J connectivity index is 0.924. The molecule has 0 nitrogen and oxygen atoms in total. The van der Waals surface area contributed by atoms with E-state index in [1.807, 2.05) is 45.3 Å². The second-order valence-electron chi connectivity index (χ2n) is 26.1. The first-order valence-corrected chi connectivity index (χ1v) is 39.9. The SMILES string of the molecule is CCCCCCCCCCC(CCCCCCCC)Cc1cc(C)sc1-c1ccc(-c2ccc(-c3sc(-c4cc5c(ccc6c5ccc5c7ccc8sc(C)cc8c7ccc65)s4)cc3CC(CCCCCCCC)CCCCCCCCCC)s2)s1. The number of thiophene rings is 6. The van der Waals surface area contributed by atoms with Crippen molar-refractivity contribution >= 4 is 121 Å². The molecule has 4 aromatic carbocycles. The van der Waals surface area contributed by atoms with Crippen molar-refractivity contribution in [1.29, 1.82) is 0 Å². The lowest BCUT2D eigenvalue weighted by Crippen LogP contribution is -2.05. The molecule has 0 N–H and O–H groups in total. The standard InChI is InChI=1S/C80H104S6/c1-7-11-15-19-23-25-29-33-36-59(35-31-27-21-17-13-9-3)53-61-51-57(5)82-79(61)75-49-47-73(84-75)74-48-50-76(85-74)80-62(54-60(37-32-28-22-18-14-10-4)38-34-30-26-24-20-16-12-8-2)55-77(86-80)78-56-70-68-42-40-63-64(66(68)44-46-72(70)83-78)39-41-67-65(63)43-45-71-69(67)52-58(6)81-71/h39-52,55-56,59-60H,7-38,53-54H2,1-6H3. The monoisotopic (exact) mass is 1260 g/mol. The van der Waals surface area contributed by atoms with Crippen LogP contribution in [0.15, 0.2) is 97.1 Å². The van der Waals surface area contributed by atoms with Gasteiger partial charge in [0.1, 0.15) is 0 Å². The van der Waals surface area contributed by atoms with Gasteiger partial charge in [-0.25, -0.2) is 0 Å². The van der Waals surface area contributed by atoms with Gasteiger partial charge in [-0.05, 0) is 143 Å². The average molecular weight is 1260 g/mol. The summed E-state index contributed by atoms with van der Waals surface area (Å²) in [5, 5.41) is 11.0. The van der Waals surface area contributed by atoms with Crippen molar-refractivity contribution in [2.45, 2.75) is 260 Å². The summed E-state index contributed by atoms with van der Waals surface area (Å²) in [6.45, 7) is 13.9. The van der Waals surface area contributed by atoms with E-state index in [0.29, 0.717) is 0 Å². The van der Waals surface area contributed by atoms with Crippen molar-refractivity contribution in [3.05, 3.63) is 118 Å². The van der Waals surface area contributed by atoms with E-state index in [9.17, 15) is 0 Å². The van der Waals surface area contributed by atoms with E-state index in [1.54, 1.807) is 16.0 Å². The number of rotatable bonds is 40. The molecule has 6 aromatic heterocycles. The molecule has 0 amide bonds. The van der Waals surface area contributed by atoms with Gasteiger partial charge in [0.15, 0.2) is 0 Å². The summed E-state index contributed by atoms with van der Waals surface area (Å²) in [6, 6.07) is 39.2. The van der Waals surface area contributed by atoms with Crippen molar-refractivity contribution in [1.82, 2.24) is 0 Å². The van der Waals surface area contributed by atoms with Crippen LogP contribution in [0, 0.1) is 25.7 Å². The van der Waals surface area contributed by atoms with E-state index >= 15 is 0 Å². The third-order valence-electron chi connectivity index (χ3n) is 19.1. The predicted octanol–water partition coefficient (Wildman–Crippen LogP) is 30.0. The first kappa shape index (κ1) is 65.3. The molecule has 0 fully saturated rings. The Hall–Kier alpha value is -3.62. The number of hydrogen-bond donors (Lipinski definition) is 0. The van der Waals surface area contributed by atoms with Crippen molar-refractivity contribution < 1.29 is 0 Å². The summed E-state index contributed by atoms with van der Waals surface area (Å²) >= 11 is 12.1. The molecule has 0 aliphatic carbocycles. The van der Waals surface area contributed by atoms with Crippen LogP contribution < -0.4 is 0 Å². The number of aryl methyl sites for hydroxylation is 2. The zero-order valence-corrected chi connectivity index (χ0v) is 58.8. The second-order valence-corrected chi connectivity index (χ2v) is 33.0. The van der Waals surface area contributed by atoms with E-state index in [0.717, 1.165) is 11.8 Å². The fraction of sp³-hybridized carbons (Fsp3) is 0.525. The normalized spacial score (nSPS) is 12.9. The number of hydrogen-bond acceptors (Lipinski definition) is 6. The molecule has 2 unspecified atom stereocenters. The molecule has 0 saturated heterocycles. The molecule has 10 rings (SSSR count). The van der Waals surface area contributed by atoms with Gasteiger partial charge in [0, 0.05) is 68.9 Å². The molecule has 2 atom stereocenters. The zero-order chi connectivity index (χ0) is 59.5. The Morgan fingerprint density at radius 1 is 0.256 bits per heavy atom. The van der Waals surface area contributed by atoms with Gasteiger partial charge in [0.2, 0.25) is 0 Å². The van der Waals surface area contributed by atoms with E-state index in [4.69, 9.17) is 0 Å². The van der Waals surface area contributed by atoms with E-state index in [2.05, 4.69) is 161 Å². The lowest BCUT2D eigenvalue weighted by Gasteiger charge is -2.17. The highest BCUT2D eigenvalue weighted by molar-refractivity contribution is 7.30. The van der Waals surface area contributed by atoms with Crippen LogP contribution in [0.1, 0.15) is 254 Å². The quantitative estimate of drug-likeness (QED) is 0.0265. The summed E-state index contributed by atoms with van der Waals surface area (Å²) in [4.78, 5) is 14.6. The maximum absolute atomic E-state index is 2.67. The number of benzene rings is 4. The maximum Gasteiger partial charge on any atom is 0.0481 e. The zero-order valence-electron chi connectivity index (χ0n) is 53.9. The summed E-state index contributed by atoms with van der Waals surface area (Å²) < 4.78 is 2.78. The molecule has 10 aromatic rings. The number of fused-ring (bicyclic) bond motifs is 9. The van der Waals surface area contributed by atoms with Crippen LogP contribution >= 0.6 is 68.0 Å². The molecular weight excluding hydrogens is 1150 g/mol. The van der Waals surface area contributed by atoms with Gasteiger partial charge in [0.05, 0.1) is 0 Å². The van der Waals surface area contributed by atoms with Crippen molar-refractivity contribution in [3.63, 3.8) is 0 Å². The topological polar surface area (TPSA) is 0 Å². The van der Waals surface area contributed by atoms with E-state index < -0.39 is 0 Å². The Morgan fingerprint density at radius 2 is 0.581 bits per heavy atom. The minimum atomic E-state index is 0.728. The van der Waals surface area contributed by atoms with Gasteiger partial charge in [0.25, 0.3) is 0 Å². The van der Waals surface area contributed by atoms with Gasteiger partial charge in [-0.1, -0.05) is 270 Å². The third-order valence-corrected chi connectivity index (χ3v) is 26.4. The molecule has 0 spiro atoms. The Morgan fingerprint density at radius 3 is 1.02 bits per heavy atom. The third kappa shape index (κ3) is 17.4. The van der Waals surface area contributed by atoms with Crippen LogP contribution in [0.4, 0.5) is 0 Å². The molecule has 460 valence electrons. The van der Waals surface area contributed by atoms with Crippen LogP contribution in [0.3, 0.4) is 0 Å². The van der Waals surface area contributed by atoms with Crippen LogP contribution in [0.5, 0.6) is 0 Å². The molecule has 0 aliphatic heterocycles. The van der Waals surface area contributed by atoms with Crippen LogP contribution in [0.25, 0.3) is 91.5 Å². The first-order chi connectivity index (χ1) is 42.3. The predicted molar refractivity (Wildman–Crippen MR) is 397 cm³/mol. The molecule has 6 heteroatoms. The molecule has 0 radical (unpaired) electrons. The maximum atomic E-state index is 2.67. The Bertz CT molecular complexity index is 3630. The fourth-order valence-corrected chi connectivity index (χ4v) is 20.9. The van der Waals surface area contributed by atoms with Gasteiger partial charge >= 0.3 is 0 Å². The largest absolute Gasteiger partial charge is 0.141 e. The second kappa shape index (κ2) is 34.0. The summed E-state index contributed by atoms with van der Waals surface area (Å²) in [7, 11) is 0. The lowest BCUT2D eigenvalue weighted by molar-refractivity contribution is 0.401. The summed E-state index contributed by atoms with van der Waals surface area (Å²) in [5.41, 5.74) is 3.21. The molecule has 0 saturated carbocycles. The summed E-state index contributed by atoms with van der Waals surface area (Å²) in [6.07, 6.45) is 47.0. The van der Waals surface area contributed by atoms with E-state index in [1.165, 1.54) is 315 Å². The van der Waals surface area contributed by atoms with Gasteiger partial charge in [-0.3, -0.25) is 0 Å². The number of unbranched alkanes of at least 4 members (excludes halogenated alkanes) is 24. The minimum absolute atomic E-state index is 0.728. The highest BCUT2D eigenvalue weighted by Gasteiger charge is 2.23. The van der Waals surface area contributed by atoms with Crippen molar-refractivity contribution in [3.8, 4) is 39.0 Å². The highest BCUT2D eigenvalue weighted by Crippen LogP contribution is 2.50.